The number of anilines is 2. The Bertz CT molecular complexity index is 2100. The van der Waals surface area contributed by atoms with Crippen LogP contribution in [0.25, 0.3) is 0 Å². The minimum atomic E-state index is -0.646. The molecule has 4 aromatic rings. The van der Waals surface area contributed by atoms with E-state index in [1.807, 2.05) is 0 Å². The topological polar surface area (TPSA) is 115 Å². The molecule has 4 aromatic carbocycles. The van der Waals surface area contributed by atoms with Gasteiger partial charge in [0.25, 0.3) is 0 Å². The van der Waals surface area contributed by atoms with E-state index in [-0.39, 0.29) is 41.1 Å². The molecule has 17 heteroatoms. The number of rotatable bonds is 9. The van der Waals surface area contributed by atoms with Gasteiger partial charge in [-0.05, 0) is 79.3 Å². The Hall–Kier alpha value is -5.52. The van der Waals surface area contributed by atoms with E-state index in [1.165, 1.54) is 73.7 Å². The quantitative estimate of drug-likeness (QED) is 0.102. The highest BCUT2D eigenvalue weighted by molar-refractivity contribution is 9.08. The SMILES string of the molecule is CCN1CCN(C(=O)N(Cc2ccc(C(=O)OC)cc2F)c2cccc(F)c2)CC1.CCN1CCN(C(=O)Nc2cccc(F)c2)CC1.COC(=O)c1ccc(CBr)c(F)c1. The molecule has 1 N–H and O–H groups in total. The largest absolute Gasteiger partial charge is 0.465 e. The molecule has 4 amide bonds. The van der Waals surface area contributed by atoms with Gasteiger partial charge in [-0.1, -0.05) is 54.0 Å². The van der Waals surface area contributed by atoms with E-state index < -0.39 is 29.4 Å². The summed E-state index contributed by atoms with van der Waals surface area (Å²) in [6.45, 7) is 11.8. The summed E-state index contributed by atoms with van der Waals surface area (Å²) in [5.74, 6) is -3.04. The standard InChI is InChI=1S/C22H25F2N3O3.C13H18FN3O.C9H8BrFO2/c1-3-25-9-11-26(12-10-25)22(29)27(19-6-4-5-18(23)14-19)15-17-8-7-16(13-20(17)24)21(28)30-2;1-2-16-6-8-17(9-7-16)13(18)15-12-5-3-4-11(14)10-12;1-13-9(12)6-2-3-7(5-10)8(11)4-6/h4-8,13-14H,3,9-12,15H2,1-2H3;3-5,10H,2,6-9H2,1H3,(H,15,18);2-4H,5H2,1H3. The van der Waals surface area contributed by atoms with Crippen LogP contribution in [0.1, 0.15) is 45.7 Å². The van der Waals surface area contributed by atoms with E-state index >= 15 is 0 Å². The number of hydrogen-bond donors (Lipinski definition) is 1. The predicted octanol–water partition coefficient (Wildman–Crippen LogP) is 8.02. The first-order valence-electron chi connectivity index (χ1n) is 19.7. The number of halogens is 5. The third kappa shape index (κ3) is 14.3. The van der Waals surface area contributed by atoms with Crippen molar-refractivity contribution in [1.82, 2.24) is 19.6 Å². The van der Waals surface area contributed by atoms with Crippen molar-refractivity contribution in [2.45, 2.75) is 25.7 Å². The lowest BCUT2D eigenvalue weighted by Gasteiger charge is -2.37. The van der Waals surface area contributed by atoms with Crippen LogP contribution in [0, 0.1) is 23.3 Å². The van der Waals surface area contributed by atoms with Gasteiger partial charge < -0.3 is 34.4 Å². The second-order valence-electron chi connectivity index (χ2n) is 13.9. The number of esters is 2. The van der Waals surface area contributed by atoms with Gasteiger partial charge in [0.15, 0.2) is 0 Å². The lowest BCUT2D eigenvalue weighted by Crippen LogP contribution is -2.52. The molecule has 2 aliphatic rings. The lowest BCUT2D eigenvalue weighted by molar-refractivity contribution is 0.0591. The molecular formula is C44H51BrF4N6O6. The number of nitrogens with zero attached hydrogens (tertiary/aromatic N) is 5. The average molecular weight is 916 g/mol. The molecule has 0 atom stereocenters. The highest BCUT2D eigenvalue weighted by atomic mass is 79.9. The molecule has 0 aliphatic carbocycles. The molecule has 0 unspecified atom stereocenters. The van der Waals surface area contributed by atoms with Crippen molar-refractivity contribution in [2.75, 3.05) is 89.9 Å². The highest BCUT2D eigenvalue weighted by Crippen LogP contribution is 2.23. The summed E-state index contributed by atoms with van der Waals surface area (Å²) < 4.78 is 63.7. The predicted molar refractivity (Wildman–Crippen MR) is 229 cm³/mol. The summed E-state index contributed by atoms with van der Waals surface area (Å²) in [5, 5.41) is 3.14. The van der Waals surface area contributed by atoms with Gasteiger partial charge in [0.1, 0.15) is 23.3 Å². The van der Waals surface area contributed by atoms with E-state index in [1.54, 1.807) is 34.1 Å². The molecule has 61 heavy (non-hydrogen) atoms. The maximum absolute atomic E-state index is 14.7. The van der Waals surface area contributed by atoms with Gasteiger partial charge in [-0.25, -0.2) is 36.7 Å². The highest BCUT2D eigenvalue weighted by Gasteiger charge is 2.27. The number of hydrogen-bond acceptors (Lipinski definition) is 8. The Kier molecular flexibility index (Phi) is 19.0. The summed E-state index contributed by atoms with van der Waals surface area (Å²) in [6.07, 6.45) is 0. The number of urea groups is 2. The zero-order valence-electron chi connectivity index (χ0n) is 34.6. The van der Waals surface area contributed by atoms with Crippen molar-refractivity contribution >= 4 is 51.3 Å². The maximum atomic E-state index is 14.7. The fraction of sp³-hybridized carbons (Fsp3) is 0.364. The number of likely N-dealkylation sites (N-methyl/N-ethyl adjacent to an activating group) is 2. The molecule has 2 saturated heterocycles. The van der Waals surface area contributed by atoms with Crippen LogP contribution in [0.4, 0.5) is 38.5 Å². The molecule has 12 nitrogen and oxygen atoms in total. The summed E-state index contributed by atoms with van der Waals surface area (Å²) in [4.78, 5) is 57.1. The zero-order valence-corrected chi connectivity index (χ0v) is 36.2. The first-order chi connectivity index (χ1) is 29.3. The first-order valence-corrected chi connectivity index (χ1v) is 20.8. The van der Waals surface area contributed by atoms with Crippen molar-refractivity contribution in [3.8, 4) is 0 Å². The third-order valence-corrected chi connectivity index (χ3v) is 10.6. The smallest absolute Gasteiger partial charge is 0.337 e. The lowest BCUT2D eigenvalue weighted by atomic mass is 10.1. The number of piperazine rings is 2. The van der Waals surface area contributed by atoms with E-state index in [9.17, 15) is 36.7 Å². The van der Waals surface area contributed by atoms with E-state index in [0.717, 1.165) is 58.4 Å². The van der Waals surface area contributed by atoms with Gasteiger partial charge in [-0.15, -0.1) is 0 Å². The molecule has 2 aliphatic heterocycles. The first kappa shape index (κ1) is 48.1. The van der Waals surface area contributed by atoms with Crippen molar-refractivity contribution in [3.05, 3.63) is 130 Å². The molecule has 0 bridgehead atoms. The van der Waals surface area contributed by atoms with Crippen LogP contribution in [0.2, 0.25) is 0 Å². The fourth-order valence-electron chi connectivity index (χ4n) is 6.37. The fourth-order valence-corrected chi connectivity index (χ4v) is 6.82. The van der Waals surface area contributed by atoms with Gasteiger partial charge in [0.05, 0.1) is 31.9 Å². The van der Waals surface area contributed by atoms with Crippen LogP contribution in [0.3, 0.4) is 0 Å². The van der Waals surface area contributed by atoms with Gasteiger partial charge in [-0.2, -0.15) is 0 Å². The van der Waals surface area contributed by atoms with Gasteiger partial charge in [-0.3, -0.25) is 4.90 Å². The third-order valence-electron chi connectivity index (χ3n) is 10.0. The Morgan fingerprint density at radius 1 is 0.639 bits per heavy atom. The molecule has 0 radical (unpaired) electrons. The molecule has 0 spiro atoms. The second kappa shape index (κ2) is 24.1. The van der Waals surface area contributed by atoms with Gasteiger partial charge in [0.2, 0.25) is 0 Å². The normalized spacial score (nSPS) is 14.1. The minimum absolute atomic E-state index is 0.0815. The Labute approximate surface area is 362 Å². The number of carbonyl (C=O) groups is 4. The van der Waals surface area contributed by atoms with Crippen molar-refractivity contribution in [1.29, 1.82) is 0 Å². The number of carbonyl (C=O) groups excluding carboxylic acids is 4. The maximum Gasteiger partial charge on any atom is 0.337 e. The Morgan fingerprint density at radius 2 is 1.13 bits per heavy atom. The number of amides is 4. The molecule has 328 valence electrons. The van der Waals surface area contributed by atoms with Crippen molar-refractivity contribution in [2.24, 2.45) is 0 Å². The number of benzene rings is 4. The summed E-state index contributed by atoms with van der Waals surface area (Å²) >= 11 is 3.13. The van der Waals surface area contributed by atoms with Crippen LogP contribution in [0.5, 0.6) is 0 Å². The number of ether oxygens (including phenoxy) is 2. The van der Waals surface area contributed by atoms with Crippen molar-refractivity contribution in [3.63, 3.8) is 0 Å². The minimum Gasteiger partial charge on any atom is -0.465 e. The Morgan fingerprint density at radius 3 is 1.59 bits per heavy atom. The monoisotopic (exact) mass is 914 g/mol. The summed E-state index contributed by atoms with van der Waals surface area (Å²) in [6, 6.07) is 19.4. The number of nitrogens with one attached hydrogen (secondary N) is 1. The molecule has 0 aromatic heterocycles. The molecule has 0 saturated carbocycles. The van der Waals surface area contributed by atoms with Gasteiger partial charge >= 0.3 is 24.0 Å². The Balaban J connectivity index is 0.000000223. The number of methoxy groups -OCH3 is 2. The van der Waals surface area contributed by atoms with Crippen LogP contribution in [0.15, 0.2) is 84.9 Å². The van der Waals surface area contributed by atoms with Crippen LogP contribution >= 0.6 is 15.9 Å². The zero-order chi connectivity index (χ0) is 44.5. The molecule has 2 fully saturated rings. The van der Waals surface area contributed by atoms with E-state index in [4.69, 9.17) is 0 Å². The number of alkyl halides is 1. The van der Waals surface area contributed by atoms with Crippen LogP contribution in [-0.4, -0.2) is 123 Å². The van der Waals surface area contributed by atoms with E-state index in [0.29, 0.717) is 35.4 Å². The van der Waals surface area contributed by atoms with E-state index in [2.05, 4.69) is 54.4 Å². The summed E-state index contributed by atoms with van der Waals surface area (Å²) in [7, 11) is 2.48. The van der Waals surface area contributed by atoms with Crippen molar-refractivity contribution < 1.29 is 46.2 Å². The van der Waals surface area contributed by atoms with Crippen LogP contribution in [-0.2, 0) is 21.3 Å². The average Bonchev–Trinajstić information content (AvgIpc) is 3.28. The summed E-state index contributed by atoms with van der Waals surface area (Å²) in [5.41, 5.74) is 1.88. The van der Waals surface area contributed by atoms with Crippen LogP contribution < -0.4 is 10.2 Å². The van der Waals surface area contributed by atoms with Gasteiger partial charge in [0, 0.05) is 74.6 Å². The molecular weight excluding hydrogens is 864 g/mol. The molecule has 6 rings (SSSR count). The second-order valence-corrected chi connectivity index (χ2v) is 14.4. The molecule has 2 heterocycles.